The van der Waals surface area contributed by atoms with E-state index < -0.39 is 0 Å². The highest BCUT2D eigenvalue weighted by molar-refractivity contribution is 7.13. The van der Waals surface area contributed by atoms with Gasteiger partial charge in [-0.2, -0.15) is 0 Å². The van der Waals surface area contributed by atoms with Crippen LogP contribution in [0.4, 0.5) is 22.1 Å². The largest absolute Gasteiger partial charge is 0.399 e. The van der Waals surface area contributed by atoms with Gasteiger partial charge < -0.3 is 5.73 Å². The molecule has 0 bridgehead atoms. The molecule has 2 amide bonds. The van der Waals surface area contributed by atoms with Crippen molar-refractivity contribution in [2.45, 2.75) is 19.8 Å². The van der Waals surface area contributed by atoms with Crippen LogP contribution in [0.1, 0.15) is 18.9 Å². The lowest BCUT2D eigenvalue weighted by molar-refractivity contribution is 0.262. The number of hydrogen-bond acceptors (Lipinski definition) is 5. The van der Waals surface area contributed by atoms with E-state index in [-0.39, 0.29) is 6.03 Å². The van der Waals surface area contributed by atoms with Crippen LogP contribution in [0, 0.1) is 0 Å². The van der Waals surface area contributed by atoms with Crippen molar-refractivity contribution in [2.24, 2.45) is 0 Å². The number of urea groups is 1. The summed E-state index contributed by atoms with van der Waals surface area (Å²) in [5.74, 6) is 1.08. The van der Waals surface area contributed by atoms with Crippen LogP contribution < -0.4 is 16.4 Å². The topological polar surface area (TPSA) is 92.9 Å². The van der Waals surface area contributed by atoms with Crippen LogP contribution >= 0.6 is 11.3 Å². The Morgan fingerprint density at radius 3 is 2.76 bits per heavy atom. The Hall–Kier alpha value is -2.93. The standard InChI is InChI=1S/C18H19N5OS/c1-2-4-12-5-3-10-20-16(12)23-18(24)22-15-11-25-17(21-15)13-6-8-14(19)9-7-13/h3,5-11H,2,4,19H2,1H3,(H2,20,22,23,24). The number of carbonyl (C=O) groups excluding carboxylic acids is 1. The van der Waals surface area contributed by atoms with Gasteiger partial charge in [-0.1, -0.05) is 19.4 Å². The Morgan fingerprint density at radius 1 is 1.20 bits per heavy atom. The molecule has 2 heterocycles. The predicted octanol–water partition coefficient (Wildman–Crippen LogP) is 4.38. The minimum atomic E-state index is -0.356. The zero-order valence-corrected chi connectivity index (χ0v) is 14.6. The number of benzene rings is 1. The van der Waals surface area contributed by atoms with Crippen LogP contribution in [0.3, 0.4) is 0 Å². The minimum absolute atomic E-state index is 0.356. The fraction of sp³-hybridized carbons (Fsp3) is 0.167. The normalized spacial score (nSPS) is 10.4. The summed E-state index contributed by atoms with van der Waals surface area (Å²) >= 11 is 1.46. The Bertz CT molecular complexity index is 860. The molecule has 0 saturated heterocycles. The number of aryl methyl sites for hydroxylation is 1. The number of pyridine rings is 1. The Balaban J connectivity index is 1.67. The highest BCUT2D eigenvalue weighted by Gasteiger charge is 2.10. The van der Waals surface area contributed by atoms with E-state index in [2.05, 4.69) is 27.5 Å². The molecule has 0 atom stereocenters. The van der Waals surface area contributed by atoms with Gasteiger partial charge >= 0.3 is 6.03 Å². The molecule has 4 N–H and O–H groups in total. The maximum absolute atomic E-state index is 12.2. The highest BCUT2D eigenvalue weighted by atomic mass is 32.1. The van der Waals surface area contributed by atoms with E-state index in [1.54, 1.807) is 11.6 Å². The van der Waals surface area contributed by atoms with E-state index in [0.29, 0.717) is 17.3 Å². The molecule has 0 aliphatic carbocycles. The molecule has 0 aliphatic rings. The molecule has 128 valence electrons. The molecular formula is C18H19N5OS. The third-order valence-electron chi connectivity index (χ3n) is 3.55. The molecule has 3 aromatic rings. The first kappa shape index (κ1) is 16.9. The molecule has 3 rings (SSSR count). The summed E-state index contributed by atoms with van der Waals surface area (Å²) in [5.41, 5.74) is 8.38. The second kappa shape index (κ2) is 7.76. The first-order valence-electron chi connectivity index (χ1n) is 7.99. The second-order valence-corrected chi connectivity index (χ2v) is 6.36. The monoisotopic (exact) mass is 353 g/mol. The molecule has 25 heavy (non-hydrogen) atoms. The van der Waals surface area contributed by atoms with E-state index in [1.807, 2.05) is 36.4 Å². The number of rotatable bonds is 5. The van der Waals surface area contributed by atoms with Gasteiger partial charge in [-0.05, 0) is 42.3 Å². The number of nitrogens with one attached hydrogen (secondary N) is 2. The SMILES string of the molecule is CCCc1cccnc1NC(=O)Nc1csc(-c2ccc(N)cc2)n1. The number of thiazole rings is 1. The molecule has 0 radical (unpaired) electrons. The lowest BCUT2D eigenvalue weighted by Gasteiger charge is -2.09. The Labute approximate surface area is 150 Å². The number of hydrogen-bond donors (Lipinski definition) is 3. The summed E-state index contributed by atoms with van der Waals surface area (Å²) in [6.45, 7) is 2.09. The summed E-state index contributed by atoms with van der Waals surface area (Å²) in [4.78, 5) is 20.9. The smallest absolute Gasteiger partial charge is 0.326 e. The molecule has 0 spiro atoms. The van der Waals surface area contributed by atoms with E-state index >= 15 is 0 Å². The molecule has 0 aliphatic heterocycles. The number of carbonyl (C=O) groups is 1. The summed E-state index contributed by atoms with van der Waals surface area (Å²) < 4.78 is 0. The predicted molar refractivity (Wildman–Crippen MR) is 103 cm³/mol. The van der Waals surface area contributed by atoms with Crippen molar-refractivity contribution >= 4 is 34.7 Å². The molecule has 6 nitrogen and oxygen atoms in total. The van der Waals surface area contributed by atoms with Crippen molar-refractivity contribution in [2.75, 3.05) is 16.4 Å². The molecule has 1 aromatic carbocycles. The quantitative estimate of drug-likeness (QED) is 0.593. The van der Waals surface area contributed by atoms with Gasteiger partial charge in [0.1, 0.15) is 16.6 Å². The summed E-state index contributed by atoms with van der Waals surface area (Å²) in [7, 11) is 0. The van der Waals surface area contributed by atoms with Crippen LogP contribution in [0.2, 0.25) is 0 Å². The zero-order chi connectivity index (χ0) is 17.6. The van der Waals surface area contributed by atoms with E-state index in [0.717, 1.165) is 29.0 Å². The number of nitrogens with zero attached hydrogens (tertiary/aromatic N) is 2. The maximum atomic E-state index is 12.2. The summed E-state index contributed by atoms with van der Waals surface area (Å²) in [6.07, 6.45) is 3.51. The van der Waals surface area contributed by atoms with Crippen LogP contribution in [0.5, 0.6) is 0 Å². The number of aromatic nitrogens is 2. The number of anilines is 3. The second-order valence-electron chi connectivity index (χ2n) is 5.50. The van der Waals surface area contributed by atoms with E-state index in [4.69, 9.17) is 5.73 Å². The van der Waals surface area contributed by atoms with Gasteiger partial charge in [0.2, 0.25) is 0 Å². The van der Waals surface area contributed by atoms with Gasteiger partial charge in [-0.15, -0.1) is 11.3 Å². The average Bonchev–Trinajstić information content (AvgIpc) is 3.06. The van der Waals surface area contributed by atoms with Crippen LogP contribution in [0.15, 0.2) is 48.0 Å². The third-order valence-corrected chi connectivity index (χ3v) is 4.44. The van der Waals surface area contributed by atoms with Gasteiger partial charge in [0.15, 0.2) is 0 Å². The first-order chi connectivity index (χ1) is 12.2. The van der Waals surface area contributed by atoms with Gasteiger partial charge in [0.25, 0.3) is 0 Å². The van der Waals surface area contributed by atoms with Crippen molar-refractivity contribution in [3.63, 3.8) is 0 Å². The van der Waals surface area contributed by atoms with Crippen molar-refractivity contribution < 1.29 is 4.79 Å². The number of amides is 2. The van der Waals surface area contributed by atoms with Crippen molar-refractivity contribution in [1.29, 1.82) is 0 Å². The van der Waals surface area contributed by atoms with Gasteiger partial charge in [0, 0.05) is 22.8 Å². The van der Waals surface area contributed by atoms with Crippen LogP contribution in [0.25, 0.3) is 10.6 Å². The Morgan fingerprint density at radius 2 is 2.00 bits per heavy atom. The van der Waals surface area contributed by atoms with Gasteiger partial charge in [-0.25, -0.2) is 14.8 Å². The average molecular weight is 353 g/mol. The highest BCUT2D eigenvalue weighted by Crippen LogP contribution is 2.26. The molecule has 2 aromatic heterocycles. The molecule has 0 saturated carbocycles. The van der Waals surface area contributed by atoms with Crippen molar-refractivity contribution in [1.82, 2.24) is 9.97 Å². The molecule has 0 unspecified atom stereocenters. The van der Waals surface area contributed by atoms with Crippen molar-refractivity contribution in [3.8, 4) is 10.6 Å². The number of nitrogen functional groups attached to an aromatic ring is 1. The maximum Gasteiger partial charge on any atom is 0.326 e. The fourth-order valence-electron chi connectivity index (χ4n) is 2.37. The molecule has 7 heteroatoms. The van der Waals surface area contributed by atoms with Crippen LogP contribution in [-0.4, -0.2) is 16.0 Å². The van der Waals surface area contributed by atoms with Crippen molar-refractivity contribution in [3.05, 3.63) is 53.5 Å². The fourth-order valence-corrected chi connectivity index (χ4v) is 3.12. The third kappa shape index (κ3) is 4.33. The Kier molecular flexibility index (Phi) is 5.25. The van der Waals surface area contributed by atoms with Gasteiger partial charge in [-0.3, -0.25) is 10.6 Å². The number of nitrogens with two attached hydrogens (primary N) is 1. The van der Waals surface area contributed by atoms with Gasteiger partial charge in [0.05, 0.1) is 0 Å². The molecular weight excluding hydrogens is 334 g/mol. The first-order valence-corrected chi connectivity index (χ1v) is 8.87. The summed E-state index contributed by atoms with van der Waals surface area (Å²) in [6, 6.07) is 10.9. The summed E-state index contributed by atoms with van der Waals surface area (Å²) in [5, 5.41) is 8.15. The van der Waals surface area contributed by atoms with Crippen LogP contribution in [-0.2, 0) is 6.42 Å². The minimum Gasteiger partial charge on any atom is -0.399 e. The van der Waals surface area contributed by atoms with E-state index in [1.165, 1.54) is 11.3 Å². The molecule has 0 fully saturated rings. The zero-order valence-electron chi connectivity index (χ0n) is 13.8. The lowest BCUT2D eigenvalue weighted by Crippen LogP contribution is -2.21. The van der Waals surface area contributed by atoms with E-state index in [9.17, 15) is 4.79 Å². The lowest BCUT2D eigenvalue weighted by atomic mass is 10.1.